The second kappa shape index (κ2) is 6.41. The van der Waals surface area contributed by atoms with Crippen LogP contribution in [0, 0.1) is 28.6 Å². The Morgan fingerprint density at radius 3 is 2.46 bits per heavy atom. The molecule has 0 heterocycles. The summed E-state index contributed by atoms with van der Waals surface area (Å²) in [5, 5.41) is 0.273. The summed E-state index contributed by atoms with van der Waals surface area (Å²) in [5.41, 5.74) is 1.86. The van der Waals surface area contributed by atoms with Gasteiger partial charge in [0.2, 0.25) is 0 Å². The zero-order chi connectivity index (χ0) is 20.5. The fourth-order valence-corrected chi connectivity index (χ4v) is 7.99. The van der Waals surface area contributed by atoms with Crippen LogP contribution >= 0.6 is 0 Å². The zero-order valence-electron chi connectivity index (χ0n) is 19.1. The molecule has 0 aromatic rings. The molecule has 6 atom stereocenters. The third-order valence-corrected chi connectivity index (χ3v) is 14.1. The van der Waals surface area contributed by atoms with Gasteiger partial charge in [-0.2, -0.15) is 0 Å². The van der Waals surface area contributed by atoms with Gasteiger partial charge in [0, 0.05) is 11.5 Å². The molecule has 0 unspecified atom stereocenters. The molecular weight excluding hydrogens is 360 g/mol. The normalized spacial score (nSPS) is 43.2. The number of ketones is 1. The lowest BCUT2D eigenvalue weighted by Crippen LogP contribution is -2.52. The fraction of sp³-hybridized carbons (Fsp3) is 0.800. The van der Waals surface area contributed by atoms with Crippen LogP contribution in [0.15, 0.2) is 23.8 Å². The summed E-state index contributed by atoms with van der Waals surface area (Å²) in [6.45, 7) is 16.5. The van der Waals surface area contributed by atoms with Crippen molar-refractivity contribution >= 4 is 14.1 Å². The van der Waals surface area contributed by atoms with Gasteiger partial charge in [-0.3, -0.25) is 4.79 Å². The summed E-state index contributed by atoms with van der Waals surface area (Å²) in [7, 11) is -1.72. The van der Waals surface area contributed by atoms with E-state index in [9.17, 15) is 4.79 Å². The molecule has 0 aliphatic heterocycles. The van der Waals surface area contributed by atoms with Gasteiger partial charge in [-0.05, 0) is 85.9 Å². The van der Waals surface area contributed by atoms with Crippen LogP contribution in [-0.2, 0) is 9.22 Å². The maximum absolute atomic E-state index is 12.5. The standard InChI is InChI=1S/C25H40O2Si/c1-23(2,3)28(6,7)27-18-12-14-24(4)17(16-18)8-9-19-20-10-11-22(26)25(20,5)15-13-21(19)24/h8,10-11,18-21H,9,12-16H2,1-7H3/t18-,19-,20+,21-,24-,25-/m0/s1. The van der Waals surface area contributed by atoms with E-state index in [1.54, 1.807) is 5.57 Å². The molecule has 156 valence electrons. The van der Waals surface area contributed by atoms with Crippen LogP contribution in [0.1, 0.15) is 73.1 Å². The Hall–Kier alpha value is -0.673. The van der Waals surface area contributed by atoms with Crippen LogP contribution in [0.25, 0.3) is 0 Å². The maximum Gasteiger partial charge on any atom is 0.192 e. The molecule has 2 fully saturated rings. The van der Waals surface area contributed by atoms with Gasteiger partial charge in [0.1, 0.15) is 0 Å². The number of hydrogen-bond acceptors (Lipinski definition) is 2. The van der Waals surface area contributed by atoms with E-state index in [0.29, 0.717) is 29.1 Å². The highest BCUT2D eigenvalue weighted by Gasteiger charge is 2.57. The molecule has 4 rings (SSSR count). The van der Waals surface area contributed by atoms with E-state index in [2.05, 4.69) is 59.9 Å². The fourth-order valence-electron chi connectivity index (χ4n) is 6.60. The largest absolute Gasteiger partial charge is 0.414 e. The van der Waals surface area contributed by atoms with Crippen LogP contribution in [0.4, 0.5) is 0 Å². The minimum Gasteiger partial charge on any atom is -0.414 e. The van der Waals surface area contributed by atoms with Crippen molar-refractivity contribution in [2.24, 2.45) is 28.6 Å². The topological polar surface area (TPSA) is 26.3 Å². The van der Waals surface area contributed by atoms with Gasteiger partial charge in [0.25, 0.3) is 0 Å². The molecule has 0 N–H and O–H groups in total. The molecule has 0 saturated heterocycles. The predicted molar refractivity (Wildman–Crippen MR) is 119 cm³/mol. The summed E-state index contributed by atoms with van der Waals surface area (Å²) in [6, 6.07) is 0. The Kier molecular flexibility index (Phi) is 4.71. The lowest BCUT2D eigenvalue weighted by molar-refractivity contribution is -0.129. The van der Waals surface area contributed by atoms with E-state index in [4.69, 9.17) is 4.43 Å². The summed E-state index contributed by atoms with van der Waals surface area (Å²) >= 11 is 0. The average Bonchev–Trinajstić information content (AvgIpc) is 2.89. The lowest BCUT2D eigenvalue weighted by atomic mass is 9.48. The molecule has 0 aromatic carbocycles. The number of allylic oxidation sites excluding steroid dienone is 3. The minimum atomic E-state index is -1.72. The third-order valence-electron chi connectivity index (χ3n) is 9.60. The van der Waals surface area contributed by atoms with E-state index in [1.807, 2.05) is 6.08 Å². The van der Waals surface area contributed by atoms with Gasteiger partial charge < -0.3 is 4.43 Å². The number of carbonyl (C=O) groups is 1. The van der Waals surface area contributed by atoms with E-state index >= 15 is 0 Å². The molecule has 2 saturated carbocycles. The molecule has 0 radical (unpaired) electrons. The molecule has 0 bridgehead atoms. The second-order valence-electron chi connectivity index (χ2n) is 12.1. The highest BCUT2D eigenvalue weighted by molar-refractivity contribution is 6.74. The number of carbonyl (C=O) groups excluding carboxylic acids is 1. The number of rotatable bonds is 2. The molecular formula is C25H40O2Si. The van der Waals surface area contributed by atoms with Gasteiger partial charge in [-0.25, -0.2) is 0 Å². The molecule has 3 heteroatoms. The molecule has 2 nitrogen and oxygen atoms in total. The van der Waals surface area contributed by atoms with Crippen molar-refractivity contribution in [1.29, 1.82) is 0 Å². The Bertz CT molecular complexity index is 727. The van der Waals surface area contributed by atoms with Gasteiger partial charge >= 0.3 is 0 Å². The number of fused-ring (bicyclic) bond motifs is 5. The van der Waals surface area contributed by atoms with Crippen molar-refractivity contribution in [3.63, 3.8) is 0 Å². The molecule has 0 amide bonds. The Labute approximate surface area is 173 Å². The minimum absolute atomic E-state index is 0.120. The third kappa shape index (κ3) is 2.95. The smallest absolute Gasteiger partial charge is 0.192 e. The summed E-state index contributed by atoms with van der Waals surface area (Å²) in [6.07, 6.45) is 14.1. The summed E-state index contributed by atoms with van der Waals surface area (Å²) < 4.78 is 6.81. The van der Waals surface area contributed by atoms with Crippen LogP contribution in [0.5, 0.6) is 0 Å². The lowest BCUT2D eigenvalue weighted by Gasteiger charge is -2.57. The van der Waals surface area contributed by atoms with Crippen molar-refractivity contribution in [1.82, 2.24) is 0 Å². The first-order chi connectivity index (χ1) is 12.9. The Balaban J connectivity index is 1.54. The Morgan fingerprint density at radius 1 is 1.11 bits per heavy atom. The zero-order valence-corrected chi connectivity index (χ0v) is 20.1. The van der Waals surface area contributed by atoms with Crippen LogP contribution in [0.2, 0.25) is 18.1 Å². The first kappa shape index (κ1) is 20.6. The summed E-state index contributed by atoms with van der Waals surface area (Å²) in [5.74, 6) is 2.21. The van der Waals surface area contributed by atoms with Crippen molar-refractivity contribution in [3.8, 4) is 0 Å². The molecule has 4 aliphatic rings. The highest BCUT2D eigenvalue weighted by Crippen LogP contribution is 2.63. The first-order valence-corrected chi connectivity index (χ1v) is 14.4. The van der Waals surface area contributed by atoms with Crippen LogP contribution in [-0.4, -0.2) is 20.2 Å². The van der Waals surface area contributed by atoms with Crippen LogP contribution in [0.3, 0.4) is 0 Å². The molecule has 0 spiro atoms. The molecule has 0 aromatic heterocycles. The van der Waals surface area contributed by atoms with E-state index in [0.717, 1.165) is 25.2 Å². The average molecular weight is 401 g/mol. The SMILES string of the molecule is CC(C)(C)[Si](C)(C)O[C@H]1CC[C@@]2(C)C(=CC[C@H]3[C@H]4C=CC(=O)[C@@]4(C)CC[C@@H]32)C1. The first-order valence-electron chi connectivity index (χ1n) is 11.5. The summed E-state index contributed by atoms with van der Waals surface area (Å²) in [4.78, 5) is 12.5. The number of hydrogen-bond donors (Lipinski definition) is 0. The predicted octanol–water partition coefficient (Wildman–Crippen LogP) is 6.68. The van der Waals surface area contributed by atoms with E-state index < -0.39 is 8.32 Å². The van der Waals surface area contributed by atoms with Crippen LogP contribution < -0.4 is 0 Å². The quantitative estimate of drug-likeness (QED) is 0.381. The van der Waals surface area contributed by atoms with Gasteiger partial charge in [-0.1, -0.05) is 52.3 Å². The van der Waals surface area contributed by atoms with Gasteiger partial charge in [0.05, 0.1) is 0 Å². The van der Waals surface area contributed by atoms with Crippen molar-refractivity contribution in [2.45, 2.75) is 97.4 Å². The van der Waals surface area contributed by atoms with E-state index in [-0.39, 0.29) is 10.5 Å². The Morgan fingerprint density at radius 2 is 1.79 bits per heavy atom. The van der Waals surface area contributed by atoms with Gasteiger partial charge in [-0.15, -0.1) is 0 Å². The van der Waals surface area contributed by atoms with Crippen molar-refractivity contribution < 1.29 is 9.22 Å². The van der Waals surface area contributed by atoms with Crippen molar-refractivity contribution in [3.05, 3.63) is 23.8 Å². The highest BCUT2D eigenvalue weighted by atomic mass is 28.4. The molecule has 28 heavy (non-hydrogen) atoms. The second-order valence-corrected chi connectivity index (χ2v) is 16.9. The van der Waals surface area contributed by atoms with Crippen molar-refractivity contribution in [2.75, 3.05) is 0 Å². The monoisotopic (exact) mass is 400 g/mol. The maximum atomic E-state index is 12.5. The van der Waals surface area contributed by atoms with Gasteiger partial charge in [0.15, 0.2) is 14.1 Å². The van der Waals surface area contributed by atoms with E-state index in [1.165, 1.54) is 19.3 Å². The molecule has 4 aliphatic carbocycles.